The van der Waals surface area contributed by atoms with E-state index in [0.717, 1.165) is 0 Å². The second kappa shape index (κ2) is 4.79. The first-order valence-electron chi connectivity index (χ1n) is 5.25. The molecule has 1 heterocycles. The molecule has 0 aliphatic heterocycles. The molecular weight excluding hydrogens is 254 g/mol. The molecule has 0 aliphatic rings. The molecule has 0 atom stereocenters. The number of nitrogens with two attached hydrogens (primary N) is 1. The van der Waals surface area contributed by atoms with Crippen molar-refractivity contribution in [3.8, 4) is 0 Å². The summed E-state index contributed by atoms with van der Waals surface area (Å²) in [6.07, 6.45) is 1.38. The van der Waals surface area contributed by atoms with Gasteiger partial charge in [-0.1, -0.05) is 17.3 Å². The summed E-state index contributed by atoms with van der Waals surface area (Å²) in [4.78, 5) is 0.105. The Balaban J connectivity index is 2.26. The third-order valence-electron chi connectivity index (χ3n) is 2.45. The van der Waals surface area contributed by atoms with Crippen LogP contribution in [0.15, 0.2) is 39.9 Å². The predicted octanol–water partition coefficient (Wildman–Crippen LogP) is 1.04. The molecule has 1 aromatic heterocycles. The standard InChI is InChI=1S/C11H13N3O3S/c1-8-3-2-4-10(12)11(8)18(15,16)13-7-9-5-6-17-14-9/h2-6,13H,7,12H2,1H3. The molecule has 1 aromatic carbocycles. The van der Waals surface area contributed by atoms with Crippen molar-refractivity contribution in [3.63, 3.8) is 0 Å². The lowest BCUT2D eigenvalue weighted by Gasteiger charge is -2.10. The quantitative estimate of drug-likeness (QED) is 0.807. The van der Waals surface area contributed by atoms with Gasteiger partial charge in [-0.2, -0.15) is 0 Å². The average molecular weight is 267 g/mol. The molecule has 3 N–H and O–H groups in total. The van der Waals surface area contributed by atoms with Gasteiger partial charge < -0.3 is 10.3 Å². The van der Waals surface area contributed by atoms with E-state index >= 15 is 0 Å². The summed E-state index contributed by atoms with van der Waals surface area (Å²) in [7, 11) is -3.65. The number of nitrogen functional groups attached to an aromatic ring is 1. The van der Waals surface area contributed by atoms with Crippen LogP contribution in [0.1, 0.15) is 11.3 Å². The van der Waals surface area contributed by atoms with Gasteiger partial charge in [0.15, 0.2) is 0 Å². The van der Waals surface area contributed by atoms with E-state index in [0.29, 0.717) is 11.3 Å². The average Bonchev–Trinajstić information content (AvgIpc) is 2.78. The monoisotopic (exact) mass is 267 g/mol. The van der Waals surface area contributed by atoms with Crippen molar-refractivity contribution in [3.05, 3.63) is 41.8 Å². The van der Waals surface area contributed by atoms with Crippen LogP contribution in [0, 0.1) is 6.92 Å². The van der Waals surface area contributed by atoms with Crippen molar-refractivity contribution in [2.75, 3.05) is 5.73 Å². The largest absolute Gasteiger partial charge is 0.398 e. The Hall–Kier alpha value is -1.86. The number of aromatic nitrogens is 1. The number of nitrogens with one attached hydrogen (secondary N) is 1. The minimum absolute atomic E-state index is 0.0621. The Morgan fingerprint density at radius 1 is 1.39 bits per heavy atom. The molecule has 18 heavy (non-hydrogen) atoms. The maximum atomic E-state index is 12.1. The third-order valence-corrected chi connectivity index (χ3v) is 4.07. The van der Waals surface area contributed by atoms with E-state index in [9.17, 15) is 8.42 Å². The Labute approximate surface area is 105 Å². The number of rotatable bonds is 4. The first kappa shape index (κ1) is 12.6. The fraction of sp³-hybridized carbons (Fsp3) is 0.182. The second-order valence-corrected chi connectivity index (χ2v) is 5.51. The SMILES string of the molecule is Cc1cccc(N)c1S(=O)(=O)NCc1ccon1. The normalized spacial score (nSPS) is 11.6. The zero-order valence-electron chi connectivity index (χ0n) is 9.75. The maximum Gasteiger partial charge on any atom is 0.243 e. The third kappa shape index (κ3) is 2.52. The summed E-state index contributed by atoms with van der Waals surface area (Å²) >= 11 is 0. The van der Waals surface area contributed by atoms with Crippen LogP contribution < -0.4 is 10.5 Å². The van der Waals surface area contributed by atoms with E-state index in [-0.39, 0.29) is 17.1 Å². The molecule has 0 fully saturated rings. The molecule has 0 amide bonds. The Morgan fingerprint density at radius 3 is 2.78 bits per heavy atom. The van der Waals surface area contributed by atoms with Crippen LogP contribution >= 0.6 is 0 Å². The maximum absolute atomic E-state index is 12.1. The molecule has 0 saturated carbocycles. The highest BCUT2D eigenvalue weighted by Crippen LogP contribution is 2.22. The minimum Gasteiger partial charge on any atom is -0.398 e. The molecule has 0 radical (unpaired) electrons. The lowest BCUT2D eigenvalue weighted by atomic mass is 10.2. The number of anilines is 1. The van der Waals surface area contributed by atoms with Crippen molar-refractivity contribution in [1.82, 2.24) is 9.88 Å². The molecule has 0 saturated heterocycles. The van der Waals surface area contributed by atoms with Gasteiger partial charge in [-0.15, -0.1) is 0 Å². The molecule has 0 aliphatic carbocycles. The van der Waals surface area contributed by atoms with Gasteiger partial charge >= 0.3 is 0 Å². The highest BCUT2D eigenvalue weighted by Gasteiger charge is 2.19. The summed E-state index contributed by atoms with van der Waals surface area (Å²) in [5.74, 6) is 0. The zero-order valence-corrected chi connectivity index (χ0v) is 10.6. The predicted molar refractivity (Wildman–Crippen MR) is 66.1 cm³/mol. The highest BCUT2D eigenvalue weighted by molar-refractivity contribution is 7.89. The molecule has 0 spiro atoms. The fourth-order valence-corrected chi connectivity index (χ4v) is 2.96. The Bertz CT molecular complexity index is 615. The van der Waals surface area contributed by atoms with Gasteiger partial charge in [0.1, 0.15) is 11.2 Å². The molecule has 0 bridgehead atoms. The smallest absolute Gasteiger partial charge is 0.243 e. The van der Waals surface area contributed by atoms with Crippen LogP contribution in [0.5, 0.6) is 0 Å². The van der Waals surface area contributed by atoms with E-state index in [4.69, 9.17) is 5.73 Å². The zero-order chi connectivity index (χ0) is 13.2. The van der Waals surface area contributed by atoms with Crippen LogP contribution in [0.25, 0.3) is 0 Å². The van der Waals surface area contributed by atoms with Gasteiger partial charge in [-0.05, 0) is 18.6 Å². The number of sulfonamides is 1. The van der Waals surface area contributed by atoms with Crippen molar-refractivity contribution in [2.24, 2.45) is 0 Å². The second-order valence-electron chi connectivity index (χ2n) is 3.81. The van der Waals surface area contributed by atoms with E-state index in [1.807, 2.05) is 0 Å². The van der Waals surface area contributed by atoms with Crippen molar-refractivity contribution >= 4 is 15.7 Å². The first-order valence-corrected chi connectivity index (χ1v) is 6.73. The van der Waals surface area contributed by atoms with E-state index in [1.165, 1.54) is 6.26 Å². The summed E-state index contributed by atoms with van der Waals surface area (Å²) in [6.45, 7) is 1.76. The topological polar surface area (TPSA) is 98.2 Å². The molecule has 2 aromatic rings. The Kier molecular flexibility index (Phi) is 3.35. The van der Waals surface area contributed by atoms with Gasteiger partial charge in [-0.3, -0.25) is 0 Å². The van der Waals surface area contributed by atoms with Gasteiger partial charge in [0.25, 0.3) is 0 Å². The van der Waals surface area contributed by atoms with Crippen molar-refractivity contribution in [1.29, 1.82) is 0 Å². The van der Waals surface area contributed by atoms with Crippen LogP contribution in [0.4, 0.5) is 5.69 Å². The van der Waals surface area contributed by atoms with Gasteiger partial charge in [0, 0.05) is 6.07 Å². The Morgan fingerprint density at radius 2 is 2.17 bits per heavy atom. The van der Waals surface area contributed by atoms with Gasteiger partial charge in [-0.25, -0.2) is 13.1 Å². The lowest BCUT2D eigenvalue weighted by Crippen LogP contribution is -2.25. The van der Waals surface area contributed by atoms with Crippen LogP contribution in [-0.4, -0.2) is 13.6 Å². The number of hydrogen-bond acceptors (Lipinski definition) is 5. The number of aryl methyl sites for hydroxylation is 1. The molecule has 6 nitrogen and oxygen atoms in total. The summed E-state index contributed by atoms with van der Waals surface area (Å²) < 4.78 is 31.3. The number of nitrogens with zero attached hydrogens (tertiary/aromatic N) is 1. The fourth-order valence-electron chi connectivity index (χ4n) is 1.61. The minimum atomic E-state index is -3.65. The van der Waals surface area contributed by atoms with E-state index < -0.39 is 10.0 Å². The first-order chi connectivity index (χ1) is 8.50. The molecule has 0 unspecified atom stereocenters. The van der Waals surface area contributed by atoms with Gasteiger partial charge in [0.05, 0.1) is 17.9 Å². The summed E-state index contributed by atoms with van der Waals surface area (Å²) in [5.41, 5.74) is 7.03. The molecule has 2 rings (SSSR count). The summed E-state index contributed by atoms with van der Waals surface area (Å²) in [6, 6.07) is 6.55. The number of benzene rings is 1. The summed E-state index contributed by atoms with van der Waals surface area (Å²) in [5, 5.41) is 3.62. The highest BCUT2D eigenvalue weighted by atomic mass is 32.2. The van der Waals surface area contributed by atoms with Crippen LogP contribution in [-0.2, 0) is 16.6 Å². The van der Waals surface area contributed by atoms with Crippen LogP contribution in [0.3, 0.4) is 0 Å². The van der Waals surface area contributed by atoms with Crippen molar-refractivity contribution < 1.29 is 12.9 Å². The molecule has 7 heteroatoms. The lowest BCUT2D eigenvalue weighted by molar-refractivity contribution is 0.411. The van der Waals surface area contributed by atoms with E-state index in [2.05, 4.69) is 14.4 Å². The molecular formula is C11H13N3O3S. The van der Waals surface area contributed by atoms with Crippen molar-refractivity contribution in [2.45, 2.75) is 18.4 Å². The van der Waals surface area contributed by atoms with Gasteiger partial charge in [0.2, 0.25) is 10.0 Å². The number of hydrogen-bond donors (Lipinski definition) is 2. The van der Waals surface area contributed by atoms with E-state index in [1.54, 1.807) is 31.2 Å². The molecule has 96 valence electrons. The van der Waals surface area contributed by atoms with Crippen LogP contribution in [0.2, 0.25) is 0 Å².